The Morgan fingerprint density at radius 3 is 2.58 bits per heavy atom. The van der Waals surface area contributed by atoms with Gasteiger partial charge in [0, 0.05) is 17.0 Å². The van der Waals surface area contributed by atoms with Crippen LogP contribution in [-0.2, 0) is 14.4 Å². The Labute approximate surface area is 119 Å². The van der Waals surface area contributed by atoms with Gasteiger partial charge in [0.05, 0.1) is 5.69 Å². The molecule has 6 heteroatoms. The number of halogens is 1. The van der Waals surface area contributed by atoms with E-state index < -0.39 is 5.60 Å². The maximum Gasteiger partial charge on any atom is 0.230 e. The zero-order chi connectivity index (χ0) is 14.2. The van der Waals surface area contributed by atoms with Crippen LogP contribution in [-0.4, -0.2) is 23.0 Å². The number of carbonyl (C=O) groups is 2. The lowest BCUT2D eigenvalue weighted by Gasteiger charge is -2.12. The third-order valence-electron chi connectivity index (χ3n) is 2.68. The summed E-state index contributed by atoms with van der Waals surface area (Å²) >= 11 is 3.35. The third kappa shape index (κ3) is 2.68. The Morgan fingerprint density at radius 2 is 2.11 bits per heavy atom. The molecule has 0 radical (unpaired) electrons. The summed E-state index contributed by atoms with van der Waals surface area (Å²) in [5.74, 6) is -0.320. The van der Waals surface area contributed by atoms with Crippen LogP contribution in [0, 0.1) is 0 Å². The first kappa shape index (κ1) is 13.7. The molecule has 5 nitrogen and oxygen atoms in total. The summed E-state index contributed by atoms with van der Waals surface area (Å²) in [5, 5.41) is 6.51. The lowest BCUT2D eigenvalue weighted by Crippen LogP contribution is -2.33. The third-order valence-corrected chi connectivity index (χ3v) is 3.34. The van der Waals surface area contributed by atoms with Crippen molar-refractivity contribution in [3.8, 4) is 0 Å². The maximum atomic E-state index is 12.1. The van der Waals surface area contributed by atoms with Crippen LogP contribution in [0.1, 0.15) is 26.3 Å². The highest BCUT2D eigenvalue weighted by molar-refractivity contribution is 9.10. The number of anilines is 1. The number of carbonyl (C=O) groups excluding carboxylic acids is 2. The summed E-state index contributed by atoms with van der Waals surface area (Å²) in [6.45, 7) is 4.78. The predicted octanol–water partition coefficient (Wildman–Crippen LogP) is 2.49. The number of ketones is 1. The standard InChI is InChI=1S/C13H13BrN2O3/c1-7(17)15-10-5-4-8(6-9(10)14)11-12(18)13(2,3)19-16-11/h4-6H,1-3H3,(H,15,17). The Kier molecular flexibility index (Phi) is 3.45. The van der Waals surface area contributed by atoms with E-state index in [0.717, 1.165) is 0 Å². The van der Waals surface area contributed by atoms with Gasteiger partial charge >= 0.3 is 0 Å². The minimum atomic E-state index is -0.919. The fourth-order valence-electron chi connectivity index (χ4n) is 1.67. The molecule has 0 aromatic heterocycles. The molecule has 2 rings (SSSR count). The van der Waals surface area contributed by atoms with Crippen molar-refractivity contribution in [2.24, 2.45) is 5.16 Å². The van der Waals surface area contributed by atoms with Crippen LogP contribution in [0.25, 0.3) is 0 Å². The van der Waals surface area contributed by atoms with Gasteiger partial charge in [-0.25, -0.2) is 0 Å². The molecule has 0 atom stereocenters. The molecule has 100 valence electrons. The van der Waals surface area contributed by atoms with Crippen molar-refractivity contribution in [2.45, 2.75) is 26.4 Å². The molecule has 0 spiro atoms. The molecule has 1 heterocycles. The molecule has 0 bridgehead atoms. The average Bonchev–Trinajstić information content (AvgIpc) is 2.57. The van der Waals surface area contributed by atoms with Crippen molar-refractivity contribution in [3.63, 3.8) is 0 Å². The number of amides is 1. The molecule has 1 aromatic carbocycles. The SMILES string of the molecule is CC(=O)Nc1ccc(C2=NOC(C)(C)C2=O)cc1Br. The number of hydrogen-bond donors (Lipinski definition) is 1. The lowest BCUT2D eigenvalue weighted by atomic mass is 9.96. The van der Waals surface area contributed by atoms with Gasteiger partial charge in [-0.2, -0.15) is 0 Å². The van der Waals surface area contributed by atoms with E-state index in [0.29, 0.717) is 21.4 Å². The number of oxime groups is 1. The van der Waals surface area contributed by atoms with E-state index in [1.54, 1.807) is 32.0 Å². The van der Waals surface area contributed by atoms with Gasteiger partial charge in [-0.15, -0.1) is 0 Å². The van der Waals surface area contributed by atoms with E-state index in [1.807, 2.05) is 0 Å². The van der Waals surface area contributed by atoms with Crippen LogP contribution >= 0.6 is 15.9 Å². The topological polar surface area (TPSA) is 67.8 Å². The van der Waals surface area contributed by atoms with Gasteiger partial charge < -0.3 is 10.2 Å². The minimum absolute atomic E-state index is 0.160. The Hall–Kier alpha value is -1.69. The fourth-order valence-corrected chi connectivity index (χ4v) is 2.14. The van der Waals surface area contributed by atoms with E-state index in [9.17, 15) is 9.59 Å². The first-order valence-corrected chi connectivity index (χ1v) is 6.49. The van der Waals surface area contributed by atoms with E-state index >= 15 is 0 Å². The van der Waals surface area contributed by atoms with E-state index in [4.69, 9.17) is 4.84 Å². The largest absolute Gasteiger partial charge is 0.381 e. The smallest absolute Gasteiger partial charge is 0.230 e. The molecule has 0 aliphatic carbocycles. The van der Waals surface area contributed by atoms with Crippen LogP contribution < -0.4 is 5.32 Å². The van der Waals surface area contributed by atoms with Gasteiger partial charge in [-0.1, -0.05) is 11.2 Å². The second-order valence-electron chi connectivity index (χ2n) is 4.75. The summed E-state index contributed by atoms with van der Waals surface area (Å²) in [7, 11) is 0. The molecule has 1 aromatic rings. The first-order valence-electron chi connectivity index (χ1n) is 5.70. The van der Waals surface area contributed by atoms with Crippen molar-refractivity contribution in [2.75, 3.05) is 5.32 Å². The van der Waals surface area contributed by atoms with Gasteiger partial charge in [-0.3, -0.25) is 9.59 Å². The Bertz CT molecular complexity index is 594. The van der Waals surface area contributed by atoms with Crippen LogP contribution in [0.3, 0.4) is 0 Å². The number of Topliss-reactive ketones (excluding diaryl/α,β-unsaturated/α-hetero) is 1. The van der Waals surface area contributed by atoms with Crippen molar-refractivity contribution in [3.05, 3.63) is 28.2 Å². The van der Waals surface area contributed by atoms with Gasteiger partial charge in [0.2, 0.25) is 11.7 Å². The number of nitrogens with one attached hydrogen (secondary N) is 1. The average molecular weight is 325 g/mol. The van der Waals surface area contributed by atoms with Crippen molar-refractivity contribution < 1.29 is 14.4 Å². The summed E-state index contributed by atoms with van der Waals surface area (Å²) < 4.78 is 0.681. The molecule has 1 aliphatic heterocycles. The molecular formula is C13H13BrN2O3. The summed E-state index contributed by atoms with van der Waals surface area (Å²) in [5.41, 5.74) is 0.664. The van der Waals surface area contributed by atoms with E-state index in [1.165, 1.54) is 6.92 Å². The maximum absolute atomic E-state index is 12.1. The van der Waals surface area contributed by atoms with Crippen LogP contribution in [0.5, 0.6) is 0 Å². The van der Waals surface area contributed by atoms with Crippen molar-refractivity contribution in [1.29, 1.82) is 0 Å². The lowest BCUT2D eigenvalue weighted by molar-refractivity contribution is -0.128. The molecule has 0 saturated carbocycles. The van der Waals surface area contributed by atoms with Crippen LogP contribution in [0.2, 0.25) is 0 Å². The number of benzene rings is 1. The van der Waals surface area contributed by atoms with Crippen LogP contribution in [0.15, 0.2) is 27.8 Å². The predicted molar refractivity (Wildman–Crippen MR) is 75.2 cm³/mol. The van der Waals surface area contributed by atoms with E-state index in [2.05, 4.69) is 26.4 Å². The normalized spacial score (nSPS) is 16.8. The first-order chi connectivity index (χ1) is 8.81. The fraction of sp³-hybridized carbons (Fsp3) is 0.308. The van der Waals surface area contributed by atoms with Gasteiger partial charge in [0.1, 0.15) is 0 Å². The number of nitrogens with zero attached hydrogens (tertiary/aromatic N) is 1. The van der Waals surface area contributed by atoms with Crippen molar-refractivity contribution >= 4 is 39.0 Å². The van der Waals surface area contributed by atoms with Gasteiger partial charge in [0.25, 0.3) is 0 Å². The highest BCUT2D eigenvalue weighted by Crippen LogP contribution is 2.27. The molecule has 19 heavy (non-hydrogen) atoms. The summed E-state index contributed by atoms with van der Waals surface area (Å²) in [6, 6.07) is 5.16. The Morgan fingerprint density at radius 1 is 1.42 bits per heavy atom. The molecular weight excluding hydrogens is 312 g/mol. The molecule has 0 saturated heterocycles. The number of rotatable bonds is 2. The van der Waals surface area contributed by atoms with Crippen molar-refractivity contribution in [1.82, 2.24) is 0 Å². The van der Waals surface area contributed by atoms with Gasteiger partial charge in [0.15, 0.2) is 11.3 Å². The summed E-state index contributed by atoms with van der Waals surface area (Å²) in [6.07, 6.45) is 0. The Balaban J connectivity index is 2.31. The highest BCUT2D eigenvalue weighted by atomic mass is 79.9. The minimum Gasteiger partial charge on any atom is -0.381 e. The zero-order valence-corrected chi connectivity index (χ0v) is 12.4. The van der Waals surface area contributed by atoms with Gasteiger partial charge in [-0.05, 0) is 41.9 Å². The monoisotopic (exact) mass is 324 g/mol. The molecule has 0 fully saturated rings. The van der Waals surface area contributed by atoms with Crippen LogP contribution in [0.4, 0.5) is 5.69 Å². The second-order valence-corrected chi connectivity index (χ2v) is 5.60. The molecule has 1 aliphatic rings. The summed E-state index contributed by atoms with van der Waals surface area (Å²) in [4.78, 5) is 28.2. The molecule has 1 N–H and O–H groups in total. The number of hydrogen-bond acceptors (Lipinski definition) is 4. The second kappa shape index (κ2) is 4.77. The zero-order valence-electron chi connectivity index (χ0n) is 10.8. The highest BCUT2D eigenvalue weighted by Gasteiger charge is 2.40. The molecule has 1 amide bonds. The molecule has 0 unspecified atom stereocenters. The van der Waals surface area contributed by atoms with E-state index in [-0.39, 0.29) is 11.7 Å². The quantitative estimate of drug-likeness (QED) is 0.908.